The number of rotatable bonds is 2. The second-order valence-electron chi connectivity index (χ2n) is 3.77. The first-order chi connectivity index (χ1) is 6.45. The van der Waals surface area contributed by atoms with Gasteiger partial charge in [0.25, 0.3) is 0 Å². The third kappa shape index (κ3) is 2.80. The van der Waals surface area contributed by atoms with Gasteiger partial charge in [0, 0.05) is 19.0 Å². The minimum Gasteiger partial charge on any atom is -0.341 e. The van der Waals surface area contributed by atoms with Crippen molar-refractivity contribution in [3.05, 3.63) is 0 Å². The summed E-state index contributed by atoms with van der Waals surface area (Å²) in [7, 11) is 0. The van der Waals surface area contributed by atoms with E-state index in [2.05, 4.69) is 0 Å². The monoisotopic (exact) mass is 225 g/mol. The standard InChI is InChI=1S/C9H14ClF2NO/c1-9(11,12)7-3-2-4-13(6-7)8(14)5-10/h7H,2-6H2,1H3/t7-/m1/s1. The molecule has 0 spiro atoms. The molecule has 1 atom stereocenters. The normalized spacial score (nSPS) is 23.7. The molecular formula is C9H14ClF2NO. The lowest BCUT2D eigenvalue weighted by atomic mass is 9.92. The molecule has 0 aliphatic carbocycles. The Bertz CT molecular complexity index is 217. The van der Waals surface area contributed by atoms with Gasteiger partial charge in [-0.15, -0.1) is 11.6 Å². The summed E-state index contributed by atoms with van der Waals surface area (Å²) in [6.45, 7) is 1.60. The zero-order valence-electron chi connectivity index (χ0n) is 8.10. The molecule has 0 aromatic heterocycles. The van der Waals surface area contributed by atoms with Crippen LogP contribution in [0.3, 0.4) is 0 Å². The molecule has 1 fully saturated rings. The first-order valence-electron chi connectivity index (χ1n) is 4.66. The van der Waals surface area contributed by atoms with Crippen molar-refractivity contribution in [2.45, 2.75) is 25.7 Å². The second-order valence-corrected chi connectivity index (χ2v) is 4.04. The summed E-state index contributed by atoms with van der Waals surface area (Å²) in [6.07, 6.45) is 1.12. The topological polar surface area (TPSA) is 20.3 Å². The lowest BCUT2D eigenvalue weighted by Gasteiger charge is -2.35. The fraction of sp³-hybridized carbons (Fsp3) is 0.889. The van der Waals surface area contributed by atoms with Crippen LogP contribution in [0.5, 0.6) is 0 Å². The fourth-order valence-corrected chi connectivity index (χ4v) is 1.87. The van der Waals surface area contributed by atoms with E-state index in [1.807, 2.05) is 0 Å². The fourth-order valence-electron chi connectivity index (χ4n) is 1.70. The molecule has 1 rings (SSSR count). The predicted octanol–water partition coefficient (Wildman–Crippen LogP) is 2.12. The summed E-state index contributed by atoms with van der Waals surface area (Å²) in [5, 5.41) is 0. The lowest BCUT2D eigenvalue weighted by molar-refractivity contribution is -0.134. The van der Waals surface area contributed by atoms with Gasteiger partial charge >= 0.3 is 0 Å². The molecule has 0 N–H and O–H groups in total. The summed E-state index contributed by atoms with van der Waals surface area (Å²) < 4.78 is 26.0. The van der Waals surface area contributed by atoms with Crippen molar-refractivity contribution in [3.8, 4) is 0 Å². The highest BCUT2D eigenvalue weighted by Gasteiger charge is 2.37. The Morgan fingerprint density at radius 1 is 1.64 bits per heavy atom. The molecule has 82 valence electrons. The number of hydrogen-bond donors (Lipinski definition) is 0. The van der Waals surface area contributed by atoms with Gasteiger partial charge in [0.1, 0.15) is 5.88 Å². The highest BCUT2D eigenvalue weighted by Crippen LogP contribution is 2.31. The van der Waals surface area contributed by atoms with Crippen LogP contribution in [0.15, 0.2) is 0 Å². The van der Waals surface area contributed by atoms with Gasteiger partial charge < -0.3 is 4.90 Å². The van der Waals surface area contributed by atoms with Crippen LogP contribution in [0.25, 0.3) is 0 Å². The molecule has 1 amide bonds. The number of halogens is 3. The Kier molecular flexibility index (Phi) is 3.70. The van der Waals surface area contributed by atoms with Gasteiger partial charge in [-0.05, 0) is 19.8 Å². The largest absolute Gasteiger partial charge is 0.341 e. The van der Waals surface area contributed by atoms with Crippen molar-refractivity contribution in [1.82, 2.24) is 4.90 Å². The molecule has 1 aliphatic rings. The van der Waals surface area contributed by atoms with Crippen molar-refractivity contribution in [2.24, 2.45) is 5.92 Å². The number of hydrogen-bond acceptors (Lipinski definition) is 1. The maximum Gasteiger partial charge on any atom is 0.249 e. The van der Waals surface area contributed by atoms with Crippen LogP contribution in [-0.2, 0) is 4.79 Å². The highest BCUT2D eigenvalue weighted by atomic mass is 35.5. The molecule has 5 heteroatoms. The van der Waals surface area contributed by atoms with Crippen molar-refractivity contribution < 1.29 is 13.6 Å². The molecular weight excluding hydrogens is 212 g/mol. The van der Waals surface area contributed by atoms with Crippen molar-refractivity contribution in [2.75, 3.05) is 19.0 Å². The summed E-state index contributed by atoms with van der Waals surface area (Å²) in [4.78, 5) is 12.6. The number of likely N-dealkylation sites (tertiary alicyclic amines) is 1. The molecule has 14 heavy (non-hydrogen) atoms. The van der Waals surface area contributed by atoms with Crippen LogP contribution in [-0.4, -0.2) is 35.7 Å². The van der Waals surface area contributed by atoms with E-state index < -0.39 is 11.8 Å². The SMILES string of the molecule is CC(F)(F)[C@@H]1CCCN(C(=O)CCl)C1. The summed E-state index contributed by atoms with van der Waals surface area (Å²) in [5.74, 6) is -3.79. The zero-order valence-corrected chi connectivity index (χ0v) is 8.86. The molecule has 0 aromatic rings. The lowest BCUT2D eigenvalue weighted by Crippen LogP contribution is -2.45. The third-order valence-electron chi connectivity index (χ3n) is 2.61. The van der Waals surface area contributed by atoms with Crippen LogP contribution in [0.4, 0.5) is 8.78 Å². The molecule has 2 nitrogen and oxygen atoms in total. The first-order valence-corrected chi connectivity index (χ1v) is 5.20. The quantitative estimate of drug-likeness (QED) is 0.660. The Labute approximate surface area is 87.2 Å². The number of nitrogens with zero attached hydrogens (tertiary/aromatic N) is 1. The van der Waals surface area contributed by atoms with Gasteiger partial charge in [-0.2, -0.15) is 0 Å². The Morgan fingerprint density at radius 2 is 2.29 bits per heavy atom. The third-order valence-corrected chi connectivity index (χ3v) is 2.83. The van der Waals surface area contributed by atoms with E-state index in [9.17, 15) is 13.6 Å². The van der Waals surface area contributed by atoms with Gasteiger partial charge in [0.05, 0.1) is 0 Å². The van der Waals surface area contributed by atoms with Gasteiger partial charge in [-0.3, -0.25) is 4.79 Å². The van der Waals surface area contributed by atoms with E-state index in [-0.39, 0.29) is 18.3 Å². The van der Waals surface area contributed by atoms with E-state index in [4.69, 9.17) is 11.6 Å². The Hall–Kier alpha value is -0.380. The van der Waals surface area contributed by atoms with Crippen LogP contribution in [0, 0.1) is 5.92 Å². The Morgan fingerprint density at radius 3 is 2.79 bits per heavy atom. The number of amides is 1. The molecule has 0 radical (unpaired) electrons. The summed E-state index contributed by atoms with van der Waals surface area (Å²) in [5.41, 5.74) is 0. The zero-order chi connectivity index (χ0) is 10.8. The minimum atomic E-state index is -2.70. The van der Waals surface area contributed by atoms with Crippen molar-refractivity contribution in [3.63, 3.8) is 0 Å². The van der Waals surface area contributed by atoms with Crippen LogP contribution < -0.4 is 0 Å². The first kappa shape index (κ1) is 11.7. The number of carbonyl (C=O) groups is 1. The van der Waals surface area contributed by atoms with Gasteiger partial charge in [-0.25, -0.2) is 8.78 Å². The molecule has 0 aromatic carbocycles. The van der Waals surface area contributed by atoms with E-state index in [0.717, 1.165) is 6.92 Å². The molecule has 1 heterocycles. The molecule has 1 aliphatic heterocycles. The Balaban J connectivity index is 2.56. The number of alkyl halides is 3. The van der Waals surface area contributed by atoms with E-state index in [1.54, 1.807) is 0 Å². The van der Waals surface area contributed by atoms with Crippen LogP contribution >= 0.6 is 11.6 Å². The van der Waals surface area contributed by atoms with Gasteiger partial charge in [-0.1, -0.05) is 0 Å². The van der Waals surface area contributed by atoms with Crippen molar-refractivity contribution in [1.29, 1.82) is 0 Å². The molecule has 0 bridgehead atoms. The maximum atomic E-state index is 13.0. The predicted molar refractivity (Wildman–Crippen MR) is 50.6 cm³/mol. The molecule has 1 saturated heterocycles. The second kappa shape index (κ2) is 4.43. The minimum absolute atomic E-state index is 0.123. The van der Waals surface area contributed by atoms with E-state index in [1.165, 1.54) is 4.90 Å². The summed E-state index contributed by atoms with van der Waals surface area (Å²) >= 11 is 5.37. The van der Waals surface area contributed by atoms with E-state index in [0.29, 0.717) is 19.4 Å². The van der Waals surface area contributed by atoms with Crippen LogP contribution in [0.2, 0.25) is 0 Å². The molecule has 0 unspecified atom stereocenters. The number of carbonyl (C=O) groups excluding carboxylic acids is 1. The van der Waals surface area contributed by atoms with Crippen LogP contribution in [0.1, 0.15) is 19.8 Å². The average Bonchev–Trinajstić information content (AvgIpc) is 2.15. The number of piperidine rings is 1. The average molecular weight is 226 g/mol. The maximum absolute atomic E-state index is 13.0. The highest BCUT2D eigenvalue weighted by molar-refractivity contribution is 6.27. The van der Waals surface area contributed by atoms with E-state index >= 15 is 0 Å². The molecule has 0 saturated carbocycles. The van der Waals surface area contributed by atoms with Gasteiger partial charge in [0.15, 0.2) is 0 Å². The van der Waals surface area contributed by atoms with Crippen molar-refractivity contribution >= 4 is 17.5 Å². The summed E-state index contributed by atoms with van der Waals surface area (Å²) in [6, 6.07) is 0. The smallest absolute Gasteiger partial charge is 0.249 e. The van der Waals surface area contributed by atoms with Gasteiger partial charge in [0.2, 0.25) is 11.8 Å².